The highest BCUT2D eigenvalue weighted by Crippen LogP contribution is 2.21. The van der Waals surface area contributed by atoms with Crippen LogP contribution in [0.5, 0.6) is 0 Å². The van der Waals surface area contributed by atoms with E-state index < -0.39 is 0 Å². The van der Waals surface area contributed by atoms with Crippen molar-refractivity contribution in [2.45, 2.75) is 18.1 Å². The van der Waals surface area contributed by atoms with Crippen molar-refractivity contribution in [2.24, 2.45) is 0 Å². The Morgan fingerprint density at radius 1 is 1.46 bits per heavy atom. The summed E-state index contributed by atoms with van der Waals surface area (Å²) in [5, 5.41) is 3.42. The molecule has 1 unspecified atom stereocenters. The topological polar surface area (TPSA) is 39.7 Å². The molecule has 2 rings (SSSR count). The second-order valence-corrected chi connectivity index (χ2v) is 3.81. The summed E-state index contributed by atoms with van der Waals surface area (Å²) in [7, 11) is 1.76. The molecule has 2 saturated heterocycles. The Morgan fingerprint density at radius 2 is 2.31 bits per heavy atom. The fraction of sp³-hybridized carbons (Fsp3) is 1.00. The van der Waals surface area contributed by atoms with E-state index in [1.807, 2.05) is 0 Å². The van der Waals surface area contributed by atoms with Crippen LogP contribution >= 0.6 is 0 Å². The number of ether oxygens (including phenoxy) is 3. The van der Waals surface area contributed by atoms with Gasteiger partial charge in [-0.25, -0.2) is 0 Å². The Kier molecular flexibility index (Phi) is 2.83. The van der Waals surface area contributed by atoms with Crippen LogP contribution in [0.2, 0.25) is 0 Å². The van der Waals surface area contributed by atoms with Crippen LogP contribution in [0.1, 0.15) is 6.42 Å². The molecule has 0 aromatic rings. The van der Waals surface area contributed by atoms with Crippen molar-refractivity contribution in [1.29, 1.82) is 0 Å². The molecule has 2 aliphatic heterocycles. The van der Waals surface area contributed by atoms with E-state index >= 15 is 0 Å². The first-order valence-electron chi connectivity index (χ1n) is 4.79. The summed E-state index contributed by atoms with van der Waals surface area (Å²) in [5.74, 6) is 0. The maximum atomic E-state index is 5.49. The lowest BCUT2D eigenvalue weighted by atomic mass is 10.0. The molecule has 2 aliphatic rings. The smallest absolute Gasteiger partial charge is 0.106 e. The maximum Gasteiger partial charge on any atom is 0.106 e. The van der Waals surface area contributed by atoms with Crippen molar-refractivity contribution in [1.82, 2.24) is 5.32 Å². The number of methoxy groups -OCH3 is 1. The van der Waals surface area contributed by atoms with E-state index in [4.69, 9.17) is 14.2 Å². The number of hydrogen-bond acceptors (Lipinski definition) is 4. The van der Waals surface area contributed by atoms with Crippen LogP contribution in [0, 0.1) is 0 Å². The van der Waals surface area contributed by atoms with Crippen molar-refractivity contribution in [3.8, 4) is 0 Å². The van der Waals surface area contributed by atoms with Crippen molar-refractivity contribution in [3.63, 3.8) is 0 Å². The first-order valence-corrected chi connectivity index (χ1v) is 4.79. The third-order valence-electron chi connectivity index (χ3n) is 2.85. The van der Waals surface area contributed by atoms with E-state index in [1.165, 1.54) is 0 Å². The van der Waals surface area contributed by atoms with Crippen molar-refractivity contribution in [3.05, 3.63) is 0 Å². The first kappa shape index (κ1) is 9.40. The summed E-state index contributed by atoms with van der Waals surface area (Å²) in [5.41, 5.74) is -0.0877. The molecule has 4 nitrogen and oxygen atoms in total. The summed E-state index contributed by atoms with van der Waals surface area (Å²) in [6, 6.07) is 0.521. The molecule has 1 atom stereocenters. The molecule has 0 radical (unpaired) electrons. The minimum absolute atomic E-state index is 0.0877. The fourth-order valence-corrected chi connectivity index (χ4v) is 1.64. The third kappa shape index (κ3) is 2.02. The van der Waals surface area contributed by atoms with Gasteiger partial charge in [-0.05, 0) is 0 Å². The van der Waals surface area contributed by atoms with Gasteiger partial charge in [0.05, 0.1) is 25.9 Å². The van der Waals surface area contributed by atoms with E-state index in [2.05, 4.69) is 5.32 Å². The van der Waals surface area contributed by atoms with Gasteiger partial charge >= 0.3 is 0 Å². The lowest BCUT2D eigenvalue weighted by Crippen LogP contribution is -2.53. The van der Waals surface area contributed by atoms with Gasteiger partial charge in [0.25, 0.3) is 0 Å². The zero-order valence-electron chi connectivity index (χ0n) is 8.04. The van der Waals surface area contributed by atoms with Crippen LogP contribution in [0.4, 0.5) is 0 Å². The summed E-state index contributed by atoms with van der Waals surface area (Å²) in [6.45, 7) is 4.07. The van der Waals surface area contributed by atoms with Gasteiger partial charge in [-0.3, -0.25) is 0 Å². The highest BCUT2D eigenvalue weighted by Gasteiger charge is 2.35. The van der Waals surface area contributed by atoms with Gasteiger partial charge in [0.15, 0.2) is 0 Å². The third-order valence-corrected chi connectivity index (χ3v) is 2.85. The minimum atomic E-state index is -0.0877. The normalized spacial score (nSPS) is 34.8. The number of hydrogen-bond donors (Lipinski definition) is 1. The van der Waals surface area contributed by atoms with Gasteiger partial charge in [0.1, 0.15) is 5.60 Å². The molecule has 0 aromatic heterocycles. The van der Waals surface area contributed by atoms with E-state index in [0.717, 1.165) is 32.8 Å². The lowest BCUT2D eigenvalue weighted by molar-refractivity contribution is -0.0425. The molecule has 1 N–H and O–H groups in total. The van der Waals surface area contributed by atoms with E-state index in [9.17, 15) is 0 Å². The Balaban J connectivity index is 1.75. The SMILES string of the molecule is COC1(CNC2COC2)CCOC1. The van der Waals surface area contributed by atoms with Crippen molar-refractivity contribution >= 4 is 0 Å². The first-order chi connectivity index (χ1) is 6.35. The maximum absolute atomic E-state index is 5.49. The van der Waals surface area contributed by atoms with Gasteiger partial charge in [-0.15, -0.1) is 0 Å². The lowest BCUT2D eigenvalue weighted by Gasteiger charge is -2.32. The average molecular weight is 187 g/mol. The van der Waals surface area contributed by atoms with Gasteiger partial charge in [-0.2, -0.15) is 0 Å². The molecule has 0 bridgehead atoms. The highest BCUT2D eigenvalue weighted by molar-refractivity contribution is 4.89. The van der Waals surface area contributed by atoms with Crippen molar-refractivity contribution in [2.75, 3.05) is 40.1 Å². The summed E-state index contributed by atoms with van der Waals surface area (Å²) >= 11 is 0. The molecule has 4 heteroatoms. The van der Waals surface area contributed by atoms with Crippen LogP contribution in [-0.2, 0) is 14.2 Å². The molecule has 13 heavy (non-hydrogen) atoms. The molecule has 0 aromatic carbocycles. The quantitative estimate of drug-likeness (QED) is 0.660. The minimum Gasteiger partial charge on any atom is -0.378 e. The van der Waals surface area contributed by atoms with Crippen LogP contribution in [-0.4, -0.2) is 51.7 Å². The summed E-state index contributed by atoms with van der Waals surface area (Å²) in [6.07, 6.45) is 0.990. The summed E-state index contributed by atoms with van der Waals surface area (Å²) < 4.78 is 15.9. The molecule has 0 saturated carbocycles. The Hall–Kier alpha value is -0.160. The zero-order chi connectivity index (χ0) is 9.15. The highest BCUT2D eigenvalue weighted by atomic mass is 16.5. The van der Waals surface area contributed by atoms with E-state index in [-0.39, 0.29) is 5.60 Å². The fourth-order valence-electron chi connectivity index (χ4n) is 1.64. The molecule has 2 heterocycles. The van der Waals surface area contributed by atoms with E-state index in [1.54, 1.807) is 7.11 Å². The molecule has 76 valence electrons. The number of nitrogens with one attached hydrogen (secondary N) is 1. The molecule has 2 fully saturated rings. The summed E-state index contributed by atoms with van der Waals surface area (Å²) in [4.78, 5) is 0. The number of rotatable bonds is 4. The molecular weight excluding hydrogens is 170 g/mol. The molecule has 0 aliphatic carbocycles. The van der Waals surface area contributed by atoms with Crippen LogP contribution in [0.25, 0.3) is 0 Å². The molecule has 0 amide bonds. The van der Waals surface area contributed by atoms with Crippen LogP contribution in [0.3, 0.4) is 0 Å². The van der Waals surface area contributed by atoms with Crippen LogP contribution < -0.4 is 5.32 Å². The van der Waals surface area contributed by atoms with Crippen LogP contribution in [0.15, 0.2) is 0 Å². The predicted molar refractivity (Wildman–Crippen MR) is 47.8 cm³/mol. The standard InChI is InChI=1S/C9H17NO3/c1-11-9(2-3-12-7-9)6-10-8-4-13-5-8/h8,10H,2-7H2,1H3. The Morgan fingerprint density at radius 3 is 2.77 bits per heavy atom. The van der Waals surface area contributed by atoms with Gasteiger partial charge in [0.2, 0.25) is 0 Å². The largest absolute Gasteiger partial charge is 0.378 e. The Bertz CT molecular complexity index is 164. The molecule has 0 spiro atoms. The molecular formula is C9H17NO3. The zero-order valence-corrected chi connectivity index (χ0v) is 8.04. The van der Waals surface area contributed by atoms with Gasteiger partial charge in [-0.1, -0.05) is 0 Å². The average Bonchev–Trinajstić information content (AvgIpc) is 2.51. The van der Waals surface area contributed by atoms with Crippen molar-refractivity contribution < 1.29 is 14.2 Å². The predicted octanol–water partition coefficient (Wildman–Crippen LogP) is -0.220. The Labute approximate surface area is 78.5 Å². The monoisotopic (exact) mass is 187 g/mol. The second kappa shape index (κ2) is 3.92. The second-order valence-electron chi connectivity index (χ2n) is 3.81. The van der Waals surface area contributed by atoms with E-state index in [0.29, 0.717) is 12.6 Å². The van der Waals surface area contributed by atoms with Gasteiger partial charge < -0.3 is 19.5 Å². The van der Waals surface area contributed by atoms with Gasteiger partial charge in [0, 0.05) is 26.7 Å².